The Morgan fingerprint density at radius 3 is 0.709 bits per heavy atom. The number of hydrogen-bond acceptors (Lipinski definition) is 6. The van der Waals surface area contributed by atoms with Gasteiger partial charge in [0.15, 0.2) is 6.10 Å². The first kappa shape index (κ1) is 76.6. The van der Waals surface area contributed by atoms with E-state index < -0.39 is 6.10 Å². The SMILES string of the molecule is CCCCCCC/C=C\C/C=C\C/C=C\CCCCCCCCCCCCC(=O)OCC(COC(=O)CCCCCCCCCCCCCCC)OC(=O)CCCCCCCCCCCCCCCCCCCCCCCCC. The molecule has 0 N–H and O–H groups in total. The van der Waals surface area contributed by atoms with Crippen molar-refractivity contribution in [1.29, 1.82) is 0 Å². The van der Waals surface area contributed by atoms with E-state index in [-0.39, 0.29) is 31.1 Å². The van der Waals surface area contributed by atoms with Crippen LogP contribution in [-0.4, -0.2) is 37.2 Å². The maximum absolute atomic E-state index is 13.0. The Bertz CT molecular complexity index is 1320. The predicted molar refractivity (Wildman–Crippen MR) is 344 cm³/mol. The van der Waals surface area contributed by atoms with Gasteiger partial charge in [0, 0.05) is 19.3 Å². The Morgan fingerprint density at radius 1 is 0.253 bits per heavy atom. The summed E-state index contributed by atoms with van der Waals surface area (Å²) < 4.78 is 17.0. The smallest absolute Gasteiger partial charge is 0.306 e. The molecule has 0 aromatic carbocycles. The highest BCUT2D eigenvalue weighted by Crippen LogP contribution is 2.19. The molecule has 1 unspecified atom stereocenters. The second kappa shape index (κ2) is 68.1. The minimum Gasteiger partial charge on any atom is -0.462 e. The minimum atomic E-state index is -0.771. The maximum Gasteiger partial charge on any atom is 0.306 e. The Morgan fingerprint density at radius 2 is 0.456 bits per heavy atom. The summed E-state index contributed by atoms with van der Waals surface area (Å²) in [6.07, 6.45) is 84.6. The van der Waals surface area contributed by atoms with Crippen molar-refractivity contribution in [3.05, 3.63) is 36.5 Å². The summed E-state index contributed by atoms with van der Waals surface area (Å²) in [7, 11) is 0. The zero-order valence-corrected chi connectivity index (χ0v) is 53.4. The number of hydrogen-bond donors (Lipinski definition) is 0. The molecule has 0 spiro atoms. The lowest BCUT2D eigenvalue weighted by atomic mass is 10.0. The number of rotatable bonds is 66. The molecular formula is C73H136O6. The molecule has 0 saturated heterocycles. The summed E-state index contributed by atoms with van der Waals surface area (Å²) in [5.41, 5.74) is 0. The van der Waals surface area contributed by atoms with Crippen molar-refractivity contribution in [2.75, 3.05) is 13.2 Å². The van der Waals surface area contributed by atoms with Crippen LogP contribution >= 0.6 is 0 Å². The highest BCUT2D eigenvalue weighted by atomic mass is 16.6. The van der Waals surface area contributed by atoms with Crippen LogP contribution in [0.5, 0.6) is 0 Å². The van der Waals surface area contributed by atoms with Gasteiger partial charge >= 0.3 is 17.9 Å². The topological polar surface area (TPSA) is 78.9 Å². The third-order valence-electron chi connectivity index (χ3n) is 16.1. The molecule has 0 aliphatic carbocycles. The molecule has 0 aliphatic heterocycles. The van der Waals surface area contributed by atoms with Crippen LogP contribution in [0.3, 0.4) is 0 Å². The number of allylic oxidation sites excluding steroid dienone is 6. The first-order valence-corrected chi connectivity index (χ1v) is 35.5. The van der Waals surface area contributed by atoms with Gasteiger partial charge in [0.2, 0.25) is 0 Å². The average molecular weight is 1110 g/mol. The van der Waals surface area contributed by atoms with Gasteiger partial charge in [0.1, 0.15) is 13.2 Å². The number of carbonyl (C=O) groups is 3. The third kappa shape index (κ3) is 66.3. The van der Waals surface area contributed by atoms with E-state index in [1.807, 2.05) is 0 Å². The quantitative estimate of drug-likeness (QED) is 0.0261. The molecule has 0 saturated carbocycles. The van der Waals surface area contributed by atoms with Crippen molar-refractivity contribution >= 4 is 17.9 Å². The van der Waals surface area contributed by atoms with Crippen molar-refractivity contribution in [1.82, 2.24) is 0 Å². The highest BCUT2D eigenvalue weighted by molar-refractivity contribution is 5.71. The molecular weight excluding hydrogens is 973 g/mol. The van der Waals surface area contributed by atoms with E-state index in [4.69, 9.17) is 14.2 Å². The van der Waals surface area contributed by atoms with Gasteiger partial charge in [-0.25, -0.2) is 0 Å². The average Bonchev–Trinajstić information content (AvgIpc) is 3.45. The molecule has 464 valence electrons. The molecule has 0 radical (unpaired) electrons. The molecule has 0 aliphatic rings. The standard InChI is InChI=1S/C73H136O6/c1-4-7-10-13-16-19-22-25-27-29-31-33-35-36-38-39-41-43-45-48-51-54-57-60-63-66-72(75)78-69-70(68-77-71(74)65-62-59-56-53-50-47-24-21-18-15-12-9-6-3)79-73(76)67-64-61-58-55-52-49-46-44-42-40-37-34-32-30-28-26-23-20-17-14-11-8-5-2/h22,25,29,31,35-36,70H,4-21,23-24,26-28,30,32-34,37-69H2,1-3H3/b25-22-,31-29-,36-35-. The summed E-state index contributed by atoms with van der Waals surface area (Å²) in [5.74, 6) is -0.841. The van der Waals surface area contributed by atoms with Crippen LogP contribution in [0.1, 0.15) is 393 Å². The molecule has 0 rings (SSSR count). The summed E-state index contributed by atoms with van der Waals surface area (Å²) in [5, 5.41) is 0. The molecule has 0 aromatic rings. The van der Waals surface area contributed by atoms with Gasteiger partial charge < -0.3 is 14.2 Å². The zero-order valence-electron chi connectivity index (χ0n) is 53.4. The third-order valence-corrected chi connectivity index (χ3v) is 16.1. The van der Waals surface area contributed by atoms with Gasteiger partial charge in [-0.1, -0.05) is 353 Å². The molecule has 0 amide bonds. The summed E-state index contributed by atoms with van der Waals surface area (Å²) in [6.45, 7) is 6.70. The predicted octanol–water partition coefficient (Wildman–Crippen LogP) is 24.3. The summed E-state index contributed by atoms with van der Waals surface area (Å²) in [4.78, 5) is 38.4. The second-order valence-corrected chi connectivity index (χ2v) is 24.2. The molecule has 0 fully saturated rings. The number of ether oxygens (including phenoxy) is 3. The van der Waals surface area contributed by atoms with Crippen LogP contribution in [0, 0.1) is 0 Å². The van der Waals surface area contributed by atoms with Crippen molar-refractivity contribution in [3.63, 3.8) is 0 Å². The Labute approximate surface area is 493 Å². The first-order valence-electron chi connectivity index (χ1n) is 35.5. The minimum absolute atomic E-state index is 0.0671. The van der Waals surface area contributed by atoms with Gasteiger partial charge in [0.25, 0.3) is 0 Å². The van der Waals surface area contributed by atoms with Crippen LogP contribution in [0.2, 0.25) is 0 Å². The number of carbonyl (C=O) groups excluding carboxylic acids is 3. The Balaban J connectivity index is 4.24. The summed E-state index contributed by atoms with van der Waals surface area (Å²) >= 11 is 0. The lowest BCUT2D eigenvalue weighted by molar-refractivity contribution is -0.167. The van der Waals surface area contributed by atoms with E-state index >= 15 is 0 Å². The van der Waals surface area contributed by atoms with Crippen molar-refractivity contribution in [2.45, 2.75) is 399 Å². The number of unbranched alkanes of at least 4 members (excludes halogenated alkanes) is 49. The Kier molecular flexibility index (Phi) is 66.1. The van der Waals surface area contributed by atoms with Crippen LogP contribution in [-0.2, 0) is 28.6 Å². The fourth-order valence-corrected chi connectivity index (χ4v) is 10.8. The van der Waals surface area contributed by atoms with E-state index in [9.17, 15) is 14.4 Å². The monoisotopic (exact) mass is 1110 g/mol. The fourth-order valence-electron chi connectivity index (χ4n) is 10.8. The van der Waals surface area contributed by atoms with E-state index in [1.165, 1.54) is 283 Å². The molecule has 6 heteroatoms. The summed E-state index contributed by atoms with van der Waals surface area (Å²) in [6, 6.07) is 0. The lowest BCUT2D eigenvalue weighted by Gasteiger charge is -2.18. The van der Waals surface area contributed by atoms with Gasteiger partial charge in [-0.05, 0) is 57.8 Å². The van der Waals surface area contributed by atoms with E-state index in [1.54, 1.807) is 0 Å². The normalized spacial score (nSPS) is 12.2. The van der Waals surface area contributed by atoms with E-state index in [0.29, 0.717) is 19.3 Å². The largest absolute Gasteiger partial charge is 0.462 e. The second-order valence-electron chi connectivity index (χ2n) is 24.2. The van der Waals surface area contributed by atoms with Crippen LogP contribution in [0.25, 0.3) is 0 Å². The lowest BCUT2D eigenvalue weighted by Crippen LogP contribution is -2.30. The maximum atomic E-state index is 13.0. The molecule has 79 heavy (non-hydrogen) atoms. The molecule has 6 nitrogen and oxygen atoms in total. The van der Waals surface area contributed by atoms with Crippen LogP contribution in [0.4, 0.5) is 0 Å². The van der Waals surface area contributed by atoms with Gasteiger partial charge in [-0.15, -0.1) is 0 Å². The molecule has 0 bridgehead atoms. The van der Waals surface area contributed by atoms with Crippen molar-refractivity contribution in [2.24, 2.45) is 0 Å². The molecule has 1 atom stereocenters. The number of esters is 3. The van der Waals surface area contributed by atoms with Gasteiger partial charge in [-0.2, -0.15) is 0 Å². The van der Waals surface area contributed by atoms with Crippen LogP contribution in [0.15, 0.2) is 36.5 Å². The highest BCUT2D eigenvalue weighted by Gasteiger charge is 2.19. The van der Waals surface area contributed by atoms with Crippen molar-refractivity contribution in [3.8, 4) is 0 Å². The Hall–Kier alpha value is -2.37. The van der Waals surface area contributed by atoms with Crippen LogP contribution < -0.4 is 0 Å². The first-order chi connectivity index (χ1) is 39.0. The fraction of sp³-hybridized carbons (Fsp3) is 0.877. The molecule has 0 heterocycles. The van der Waals surface area contributed by atoms with Gasteiger partial charge in [0.05, 0.1) is 0 Å². The van der Waals surface area contributed by atoms with E-state index in [2.05, 4.69) is 57.2 Å². The zero-order chi connectivity index (χ0) is 57.1. The van der Waals surface area contributed by atoms with E-state index in [0.717, 1.165) is 70.6 Å². The van der Waals surface area contributed by atoms with Crippen molar-refractivity contribution < 1.29 is 28.6 Å². The molecule has 0 aromatic heterocycles. The van der Waals surface area contributed by atoms with Gasteiger partial charge in [-0.3, -0.25) is 14.4 Å².